The number of para-hydroxylation sites is 1. The monoisotopic (exact) mass is 445 g/mol. The van der Waals surface area contributed by atoms with Gasteiger partial charge in [0.15, 0.2) is 5.82 Å². The minimum atomic E-state index is -0.0726. The molecule has 0 radical (unpaired) electrons. The number of aryl methyl sites for hydroxylation is 1. The number of nitrogens with one attached hydrogen (secondary N) is 2. The summed E-state index contributed by atoms with van der Waals surface area (Å²) < 4.78 is 0. The number of carbonyl (C=O) groups is 2. The fraction of sp³-hybridized carbons (Fsp3) is 0.385. The number of rotatable bonds is 8. The molecule has 1 aromatic heterocycles. The number of fused-ring (bicyclic) bond motifs is 1. The van der Waals surface area contributed by atoms with E-state index in [1.165, 1.54) is 5.56 Å². The molecule has 1 aliphatic rings. The lowest BCUT2D eigenvalue weighted by Crippen LogP contribution is -2.42. The molecule has 4 rings (SSSR count). The molecule has 0 spiro atoms. The fourth-order valence-electron chi connectivity index (χ4n) is 4.25. The Bertz CT molecular complexity index is 1090. The molecule has 1 fully saturated rings. The predicted molar refractivity (Wildman–Crippen MR) is 130 cm³/mol. The molecule has 0 aliphatic carbocycles. The van der Waals surface area contributed by atoms with Crippen LogP contribution in [0.15, 0.2) is 54.6 Å². The second-order valence-electron chi connectivity index (χ2n) is 8.52. The van der Waals surface area contributed by atoms with Crippen LogP contribution in [0.3, 0.4) is 0 Å². The Balaban J connectivity index is 1.35. The normalized spacial score (nSPS) is 14.3. The van der Waals surface area contributed by atoms with Gasteiger partial charge >= 0.3 is 0 Å². The van der Waals surface area contributed by atoms with E-state index in [1.807, 2.05) is 30.3 Å². The summed E-state index contributed by atoms with van der Waals surface area (Å²) in [5.41, 5.74) is 2.18. The van der Waals surface area contributed by atoms with Crippen molar-refractivity contribution >= 4 is 28.5 Å². The summed E-state index contributed by atoms with van der Waals surface area (Å²) in [5, 5.41) is 7.44. The zero-order valence-corrected chi connectivity index (χ0v) is 19.1. The Hall–Kier alpha value is -3.48. The quantitative estimate of drug-likeness (QED) is 0.518. The lowest BCUT2D eigenvalue weighted by molar-refractivity contribution is -0.134. The largest absolute Gasteiger partial charge is 0.369 e. The summed E-state index contributed by atoms with van der Waals surface area (Å²) in [4.78, 5) is 35.3. The van der Waals surface area contributed by atoms with Gasteiger partial charge in [0.2, 0.25) is 11.8 Å². The molecular weight excluding hydrogens is 414 g/mol. The highest BCUT2D eigenvalue weighted by molar-refractivity contribution is 5.89. The van der Waals surface area contributed by atoms with Gasteiger partial charge in [0.1, 0.15) is 5.82 Å². The lowest BCUT2D eigenvalue weighted by Gasteiger charge is -2.30. The molecule has 7 nitrogen and oxygen atoms in total. The van der Waals surface area contributed by atoms with Crippen LogP contribution in [-0.4, -0.2) is 46.3 Å². The Morgan fingerprint density at radius 2 is 1.73 bits per heavy atom. The molecule has 7 heteroatoms. The molecule has 1 aliphatic heterocycles. The highest BCUT2D eigenvalue weighted by Gasteiger charge is 2.26. The second-order valence-corrected chi connectivity index (χ2v) is 8.52. The molecule has 2 heterocycles. The number of nitrogens with zero attached hydrogens (tertiary/aromatic N) is 3. The Morgan fingerprint density at radius 1 is 1.00 bits per heavy atom. The van der Waals surface area contributed by atoms with Crippen LogP contribution in [0.4, 0.5) is 5.82 Å². The molecule has 33 heavy (non-hydrogen) atoms. The van der Waals surface area contributed by atoms with Gasteiger partial charge in [-0.1, -0.05) is 42.5 Å². The van der Waals surface area contributed by atoms with E-state index in [1.54, 1.807) is 11.8 Å². The smallest absolute Gasteiger partial charge is 0.223 e. The number of benzene rings is 2. The van der Waals surface area contributed by atoms with E-state index >= 15 is 0 Å². The number of amides is 2. The first-order valence-electron chi connectivity index (χ1n) is 11.7. The second kappa shape index (κ2) is 10.9. The average Bonchev–Trinajstić information content (AvgIpc) is 2.85. The van der Waals surface area contributed by atoms with Gasteiger partial charge in [-0.05, 0) is 43.4 Å². The van der Waals surface area contributed by atoms with Crippen LogP contribution in [0.2, 0.25) is 0 Å². The van der Waals surface area contributed by atoms with E-state index in [0.717, 1.165) is 36.1 Å². The predicted octanol–water partition coefficient (Wildman–Crippen LogP) is 3.55. The van der Waals surface area contributed by atoms with Gasteiger partial charge in [-0.25, -0.2) is 9.97 Å². The van der Waals surface area contributed by atoms with Gasteiger partial charge in [0.25, 0.3) is 0 Å². The zero-order valence-electron chi connectivity index (χ0n) is 19.1. The first-order valence-corrected chi connectivity index (χ1v) is 11.7. The van der Waals surface area contributed by atoms with Crippen molar-refractivity contribution in [3.63, 3.8) is 0 Å². The SMILES string of the molecule is CC(=O)N1CCC(C(=O)NCc2nc(NCCCc3ccccc3)c3ccccc3n2)CC1. The third-order valence-electron chi connectivity index (χ3n) is 6.16. The van der Waals surface area contributed by atoms with Gasteiger partial charge in [-0.2, -0.15) is 0 Å². The number of piperidine rings is 1. The maximum absolute atomic E-state index is 12.7. The molecule has 0 atom stereocenters. The molecule has 1 saturated heterocycles. The highest BCUT2D eigenvalue weighted by Crippen LogP contribution is 2.21. The Labute approximate surface area is 194 Å². The third-order valence-corrected chi connectivity index (χ3v) is 6.16. The summed E-state index contributed by atoms with van der Waals surface area (Å²) in [5.74, 6) is 1.40. The summed E-state index contributed by atoms with van der Waals surface area (Å²) in [6, 6.07) is 18.4. The number of likely N-dealkylation sites (tertiary alicyclic amines) is 1. The van der Waals surface area contributed by atoms with Gasteiger partial charge in [-0.3, -0.25) is 9.59 Å². The van der Waals surface area contributed by atoms with E-state index in [-0.39, 0.29) is 24.3 Å². The van der Waals surface area contributed by atoms with Crippen molar-refractivity contribution < 1.29 is 9.59 Å². The number of carbonyl (C=O) groups excluding carboxylic acids is 2. The third kappa shape index (κ3) is 6.06. The van der Waals surface area contributed by atoms with Gasteiger partial charge in [-0.15, -0.1) is 0 Å². The molecule has 2 aromatic carbocycles. The van der Waals surface area contributed by atoms with E-state index in [0.29, 0.717) is 31.8 Å². The summed E-state index contributed by atoms with van der Waals surface area (Å²) in [7, 11) is 0. The van der Waals surface area contributed by atoms with Crippen molar-refractivity contribution in [2.45, 2.75) is 39.2 Å². The minimum absolute atomic E-state index is 0.00679. The van der Waals surface area contributed by atoms with Crippen LogP contribution < -0.4 is 10.6 Å². The summed E-state index contributed by atoms with van der Waals surface area (Å²) in [6.07, 6.45) is 3.38. The van der Waals surface area contributed by atoms with Gasteiger partial charge in [0.05, 0.1) is 12.1 Å². The van der Waals surface area contributed by atoms with Crippen molar-refractivity contribution in [3.8, 4) is 0 Å². The average molecular weight is 446 g/mol. The minimum Gasteiger partial charge on any atom is -0.369 e. The Morgan fingerprint density at radius 3 is 2.48 bits per heavy atom. The van der Waals surface area contributed by atoms with Crippen LogP contribution >= 0.6 is 0 Å². The van der Waals surface area contributed by atoms with Crippen molar-refractivity contribution in [3.05, 3.63) is 66.0 Å². The zero-order chi connectivity index (χ0) is 23.0. The Kier molecular flexibility index (Phi) is 7.50. The molecule has 0 bridgehead atoms. The van der Waals surface area contributed by atoms with E-state index < -0.39 is 0 Å². The van der Waals surface area contributed by atoms with Crippen LogP contribution in [-0.2, 0) is 22.6 Å². The van der Waals surface area contributed by atoms with Crippen molar-refractivity contribution in [1.29, 1.82) is 0 Å². The first kappa shape index (κ1) is 22.7. The number of hydrogen-bond donors (Lipinski definition) is 2. The topological polar surface area (TPSA) is 87.2 Å². The highest BCUT2D eigenvalue weighted by atomic mass is 16.2. The molecule has 2 N–H and O–H groups in total. The molecule has 172 valence electrons. The lowest BCUT2D eigenvalue weighted by atomic mass is 9.96. The molecule has 0 saturated carbocycles. The standard InChI is InChI=1S/C26H31N5O2/c1-19(32)31-16-13-21(14-17-31)26(33)28-18-24-29-23-12-6-5-11-22(23)25(30-24)27-15-7-10-20-8-3-2-4-9-20/h2-6,8-9,11-12,21H,7,10,13-18H2,1H3,(H,28,33)(H,27,29,30). The van der Waals surface area contributed by atoms with Crippen molar-refractivity contribution in [1.82, 2.24) is 20.2 Å². The molecular formula is C26H31N5O2. The van der Waals surface area contributed by atoms with E-state index in [9.17, 15) is 9.59 Å². The molecule has 2 amide bonds. The van der Waals surface area contributed by atoms with Crippen molar-refractivity contribution in [2.75, 3.05) is 25.0 Å². The maximum Gasteiger partial charge on any atom is 0.223 e. The van der Waals surface area contributed by atoms with Gasteiger partial charge in [0, 0.05) is 37.9 Å². The molecule has 3 aromatic rings. The first-order chi connectivity index (χ1) is 16.1. The van der Waals surface area contributed by atoms with Gasteiger partial charge < -0.3 is 15.5 Å². The van der Waals surface area contributed by atoms with Crippen molar-refractivity contribution in [2.24, 2.45) is 5.92 Å². The molecule has 0 unspecified atom stereocenters. The van der Waals surface area contributed by atoms with Crippen LogP contribution in [0, 0.1) is 5.92 Å². The van der Waals surface area contributed by atoms with E-state index in [2.05, 4.69) is 39.9 Å². The number of aromatic nitrogens is 2. The van der Waals surface area contributed by atoms with Crippen LogP contribution in [0.5, 0.6) is 0 Å². The van der Waals surface area contributed by atoms with Crippen LogP contribution in [0.25, 0.3) is 10.9 Å². The summed E-state index contributed by atoms with van der Waals surface area (Å²) in [6.45, 7) is 3.93. The van der Waals surface area contributed by atoms with E-state index in [4.69, 9.17) is 4.98 Å². The maximum atomic E-state index is 12.7. The van der Waals surface area contributed by atoms with Crippen LogP contribution in [0.1, 0.15) is 37.6 Å². The summed E-state index contributed by atoms with van der Waals surface area (Å²) >= 11 is 0. The number of hydrogen-bond acceptors (Lipinski definition) is 5. The fourth-order valence-corrected chi connectivity index (χ4v) is 4.25. The number of anilines is 1.